The maximum atomic E-state index is 6.29. The topological polar surface area (TPSA) is 18.5 Å². The molecule has 0 fully saturated rings. The SMILES string of the molecule is Cc1ccc2c(c1)/C(=C1\c3ccccc3Oc3ccc(C)cc31)c1ccccc1O2. The van der Waals surface area contributed by atoms with Gasteiger partial charge in [-0.3, -0.25) is 0 Å². The Morgan fingerprint density at radius 3 is 1.30 bits per heavy atom. The minimum atomic E-state index is 0.884. The molecule has 0 radical (unpaired) electrons. The van der Waals surface area contributed by atoms with Gasteiger partial charge in [-0.1, -0.05) is 59.7 Å². The first-order chi connectivity index (χ1) is 14.7. The Labute approximate surface area is 176 Å². The zero-order valence-corrected chi connectivity index (χ0v) is 16.9. The molecule has 4 aromatic rings. The van der Waals surface area contributed by atoms with E-state index in [4.69, 9.17) is 9.47 Å². The van der Waals surface area contributed by atoms with E-state index in [0.717, 1.165) is 45.3 Å². The lowest BCUT2D eigenvalue weighted by Gasteiger charge is -2.30. The Bertz CT molecular complexity index is 1260. The first-order valence-electron chi connectivity index (χ1n) is 10.2. The average Bonchev–Trinajstić information content (AvgIpc) is 2.76. The standard InChI is InChI=1S/C28H20O2/c1-17-11-13-25-21(15-17)27(19-7-3-5-9-23(19)29-25)28-20-8-4-6-10-24(20)30-26-14-12-18(2)16-22(26)28/h3-16H,1-2H3/b28-27+. The zero-order chi connectivity index (χ0) is 20.2. The molecule has 0 bridgehead atoms. The van der Waals surface area contributed by atoms with Crippen molar-refractivity contribution in [2.45, 2.75) is 13.8 Å². The second-order valence-corrected chi connectivity index (χ2v) is 7.95. The lowest BCUT2D eigenvalue weighted by molar-refractivity contribution is 0.471. The Kier molecular flexibility index (Phi) is 3.63. The first kappa shape index (κ1) is 17.1. The van der Waals surface area contributed by atoms with Crippen molar-refractivity contribution in [1.29, 1.82) is 0 Å². The van der Waals surface area contributed by atoms with Crippen LogP contribution in [-0.4, -0.2) is 0 Å². The van der Waals surface area contributed by atoms with Crippen molar-refractivity contribution in [3.63, 3.8) is 0 Å². The van der Waals surface area contributed by atoms with Crippen LogP contribution in [0.25, 0.3) is 11.1 Å². The maximum Gasteiger partial charge on any atom is 0.135 e. The highest BCUT2D eigenvalue weighted by atomic mass is 16.5. The minimum Gasteiger partial charge on any atom is -0.456 e. The Hall–Kier alpha value is -3.78. The summed E-state index contributed by atoms with van der Waals surface area (Å²) in [6.07, 6.45) is 0. The van der Waals surface area contributed by atoms with Crippen LogP contribution in [0.4, 0.5) is 0 Å². The zero-order valence-electron chi connectivity index (χ0n) is 16.9. The summed E-state index contributed by atoms with van der Waals surface area (Å²) in [5, 5.41) is 0. The van der Waals surface area contributed by atoms with E-state index in [1.165, 1.54) is 22.3 Å². The summed E-state index contributed by atoms with van der Waals surface area (Å²) in [7, 11) is 0. The van der Waals surface area contributed by atoms with Crippen LogP contribution in [0.1, 0.15) is 33.4 Å². The Balaban J connectivity index is 1.80. The number of ether oxygens (including phenoxy) is 2. The first-order valence-corrected chi connectivity index (χ1v) is 10.2. The van der Waals surface area contributed by atoms with Crippen LogP contribution < -0.4 is 9.47 Å². The lowest BCUT2D eigenvalue weighted by atomic mass is 9.82. The van der Waals surface area contributed by atoms with E-state index in [0.29, 0.717) is 0 Å². The van der Waals surface area contributed by atoms with Gasteiger partial charge in [0.2, 0.25) is 0 Å². The Morgan fingerprint density at radius 1 is 0.433 bits per heavy atom. The molecule has 0 amide bonds. The van der Waals surface area contributed by atoms with Gasteiger partial charge >= 0.3 is 0 Å². The number of para-hydroxylation sites is 2. The molecule has 6 rings (SSSR count). The number of hydrogen-bond donors (Lipinski definition) is 0. The molecule has 0 atom stereocenters. The summed E-state index contributed by atoms with van der Waals surface area (Å²) in [6.45, 7) is 4.25. The number of rotatable bonds is 0. The molecule has 0 N–H and O–H groups in total. The predicted molar refractivity (Wildman–Crippen MR) is 120 cm³/mol. The van der Waals surface area contributed by atoms with E-state index in [1.807, 2.05) is 24.3 Å². The van der Waals surface area contributed by atoms with Crippen LogP contribution in [0.2, 0.25) is 0 Å². The van der Waals surface area contributed by atoms with Gasteiger partial charge in [0.05, 0.1) is 0 Å². The monoisotopic (exact) mass is 388 g/mol. The van der Waals surface area contributed by atoms with Crippen molar-refractivity contribution < 1.29 is 9.47 Å². The summed E-state index contributed by atoms with van der Waals surface area (Å²) in [5.41, 5.74) is 9.25. The number of aryl methyl sites for hydroxylation is 2. The quantitative estimate of drug-likeness (QED) is 0.268. The molecule has 2 aliphatic heterocycles. The molecule has 0 saturated carbocycles. The normalized spacial score (nSPS) is 15.8. The van der Waals surface area contributed by atoms with Crippen molar-refractivity contribution in [2.75, 3.05) is 0 Å². The van der Waals surface area contributed by atoms with Crippen molar-refractivity contribution >= 4 is 11.1 Å². The molecule has 0 aliphatic carbocycles. The van der Waals surface area contributed by atoms with E-state index in [-0.39, 0.29) is 0 Å². The summed E-state index contributed by atoms with van der Waals surface area (Å²) in [6, 6.07) is 29.4. The molecule has 2 heterocycles. The van der Waals surface area contributed by atoms with Gasteiger partial charge in [-0.25, -0.2) is 0 Å². The lowest BCUT2D eigenvalue weighted by Crippen LogP contribution is -2.09. The highest BCUT2D eigenvalue weighted by Crippen LogP contribution is 2.53. The van der Waals surface area contributed by atoms with Gasteiger partial charge in [0, 0.05) is 33.4 Å². The van der Waals surface area contributed by atoms with Gasteiger partial charge in [-0.15, -0.1) is 0 Å². The largest absolute Gasteiger partial charge is 0.456 e. The van der Waals surface area contributed by atoms with E-state index < -0.39 is 0 Å². The van der Waals surface area contributed by atoms with E-state index >= 15 is 0 Å². The van der Waals surface area contributed by atoms with Crippen LogP contribution in [-0.2, 0) is 0 Å². The van der Waals surface area contributed by atoms with Gasteiger partial charge in [-0.2, -0.15) is 0 Å². The second kappa shape index (κ2) is 6.36. The van der Waals surface area contributed by atoms with Crippen molar-refractivity contribution in [1.82, 2.24) is 0 Å². The molecule has 2 nitrogen and oxygen atoms in total. The summed E-state index contributed by atoms with van der Waals surface area (Å²) >= 11 is 0. The predicted octanol–water partition coefficient (Wildman–Crippen LogP) is 7.52. The third-order valence-corrected chi connectivity index (χ3v) is 5.81. The summed E-state index contributed by atoms with van der Waals surface area (Å²) in [5.74, 6) is 3.55. The van der Waals surface area contributed by atoms with Crippen LogP contribution in [0.5, 0.6) is 23.0 Å². The van der Waals surface area contributed by atoms with Gasteiger partial charge in [-0.05, 0) is 50.2 Å². The fraction of sp³-hybridized carbons (Fsp3) is 0.0714. The van der Waals surface area contributed by atoms with Gasteiger partial charge in [0.1, 0.15) is 23.0 Å². The van der Waals surface area contributed by atoms with Crippen molar-refractivity contribution in [3.8, 4) is 23.0 Å². The van der Waals surface area contributed by atoms with Crippen molar-refractivity contribution in [3.05, 3.63) is 118 Å². The van der Waals surface area contributed by atoms with E-state index in [1.54, 1.807) is 0 Å². The van der Waals surface area contributed by atoms with Gasteiger partial charge in [0.15, 0.2) is 0 Å². The third kappa shape index (κ3) is 2.50. The van der Waals surface area contributed by atoms with E-state index in [2.05, 4.69) is 74.5 Å². The molecular weight excluding hydrogens is 368 g/mol. The average molecular weight is 388 g/mol. The Morgan fingerprint density at radius 2 is 0.833 bits per heavy atom. The molecule has 144 valence electrons. The van der Waals surface area contributed by atoms with Crippen LogP contribution >= 0.6 is 0 Å². The minimum absolute atomic E-state index is 0.884. The molecule has 2 heteroatoms. The molecule has 2 aliphatic rings. The van der Waals surface area contributed by atoms with Crippen LogP contribution in [0, 0.1) is 13.8 Å². The smallest absolute Gasteiger partial charge is 0.135 e. The van der Waals surface area contributed by atoms with Crippen molar-refractivity contribution in [2.24, 2.45) is 0 Å². The number of hydrogen-bond acceptors (Lipinski definition) is 2. The highest BCUT2D eigenvalue weighted by molar-refractivity contribution is 6.10. The van der Waals surface area contributed by atoms with E-state index in [9.17, 15) is 0 Å². The summed E-state index contributed by atoms with van der Waals surface area (Å²) < 4.78 is 12.6. The fourth-order valence-electron chi connectivity index (χ4n) is 4.45. The molecule has 4 aromatic carbocycles. The van der Waals surface area contributed by atoms with Crippen LogP contribution in [0.15, 0.2) is 84.9 Å². The highest BCUT2D eigenvalue weighted by Gasteiger charge is 2.30. The number of benzene rings is 4. The maximum absolute atomic E-state index is 6.29. The molecule has 0 spiro atoms. The molecule has 0 saturated heterocycles. The summed E-state index contributed by atoms with van der Waals surface area (Å²) in [4.78, 5) is 0. The second-order valence-electron chi connectivity index (χ2n) is 7.95. The molecule has 0 aromatic heterocycles. The fourth-order valence-corrected chi connectivity index (χ4v) is 4.45. The number of fused-ring (bicyclic) bond motifs is 4. The molecule has 30 heavy (non-hydrogen) atoms. The van der Waals surface area contributed by atoms with Crippen LogP contribution in [0.3, 0.4) is 0 Å². The van der Waals surface area contributed by atoms with Gasteiger partial charge < -0.3 is 9.47 Å². The molecular formula is C28H20O2. The van der Waals surface area contributed by atoms with Gasteiger partial charge in [0.25, 0.3) is 0 Å². The third-order valence-electron chi connectivity index (χ3n) is 5.81. The molecule has 0 unspecified atom stereocenters.